The Hall–Kier alpha value is -6.23. The second-order valence-electron chi connectivity index (χ2n) is 18.1. The molecule has 2 atom stereocenters. The molecule has 14 nitrogen and oxygen atoms in total. The number of hydrogen-bond donors (Lipinski definition) is 4. The number of rotatable bonds is 11. The maximum atomic E-state index is 14.1. The molecule has 0 spiro atoms. The number of nitrogens with zero attached hydrogens (tertiary/aromatic N) is 5. The van der Waals surface area contributed by atoms with Gasteiger partial charge in [0.1, 0.15) is 17.7 Å². The zero-order valence-corrected chi connectivity index (χ0v) is 36.2. The van der Waals surface area contributed by atoms with Crippen LogP contribution < -0.4 is 20.9 Å². The van der Waals surface area contributed by atoms with Crippen LogP contribution in [0.3, 0.4) is 0 Å². The van der Waals surface area contributed by atoms with Crippen molar-refractivity contribution in [3.05, 3.63) is 118 Å². The van der Waals surface area contributed by atoms with Gasteiger partial charge in [0.25, 0.3) is 11.8 Å². The number of amides is 4. The number of halogens is 2. The minimum absolute atomic E-state index is 0.150. The van der Waals surface area contributed by atoms with E-state index in [-0.39, 0.29) is 30.2 Å². The Morgan fingerprint density at radius 2 is 1.63 bits per heavy atom. The summed E-state index contributed by atoms with van der Waals surface area (Å²) in [6, 6.07) is 21.1. The quantitative estimate of drug-likeness (QED) is 0.119. The Morgan fingerprint density at radius 3 is 2.43 bits per heavy atom. The fourth-order valence-corrected chi connectivity index (χ4v) is 10.3. The van der Waals surface area contributed by atoms with Crippen LogP contribution in [0.1, 0.15) is 81.5 Å². The van der Waals surface area contributed by atoms with E-state index in [0.29, 0.717) is 66.5 Å². The lowest BCUT2D eigenvalue weighted by molar-refractivity contribution is -0.136. The first kappa shape index (κ1) is 42.7. The summed E-state index contributed by atoms with van der Waals surface area (Å²) in [5.74, 6) is -2.02. The summed E-state index contributed by atoms with van der Waals surface area (Å²) in [5, 5.41) is 17.2. The zero-order valence-electron chi connectivity index (χ0n) is 36.2. The average Bonchev–Trinajstić information content (AvgIpc) is 3.85. The van der Waals surface area contributed by atoms with Gasteiger partial charge in [-0.05, 0) is 116 Å². The maximum Gasteiger partial charge on any atom is 0.258 e. The highest BCUT2D eigenvalue weighted by atomic mass is 19.1. The van der Waals surface area contributed by atoms with Crippen molar-refractivity contribution in [3.63, 3.8) is 0 Å². The van der Waals surface area contributed by atoms with Crippen molar-refractivity contribution < 1.29 is 32.7 Å². The lowest BCUT2D eigenvalue weighted by Gasteiger charge is -2.44. The standard InChI is InChI=1S/C49H53F2N9O5/c50-34-22-32(23-35(51)25-34)20-30-4-8-42-41(24-30)46(56-55-42)54-47(62)40-7-5-37(26-43(40)52-36-11-18-65-19-12-36)58-14-16-59(17-15-58)38-2-1-13-57(29-38)27-31-3-6-39-33(21-31)28-60(49(39)64)44-9-10-45(61)53-48(44)63/h3-8,21-26,36,38,44,52H,1-2,9-20,27-29H2,(H,53,61,63)(H2,54,55,56,62). The molecule has 4 saturated heterocycles. The number of anilines is 3. The number of fused-ring (bicyclic) bond motifs is 2. The molecule has 16 heteroatoms. The van der Waals surface area contributed by atoms with Crippen LogP contribution >= 0.6 is 0 Å². The molecule has 4 fully saturated rings. The first-order chi connectivity index (χ1) is 31.6. The molecule has 0 saturated carbocycles. The molecule has 4 aromatic carbocycles. The number of likely N-dealkylation sites (tertiary alicyclic amines) is 1. The Bertz CT molecular complexity index is 2620. The Kier molecular flexibility index (Phi) is 12.0. The number of imide groups is 1. The van der Waals surface area contributed by atoms with Crippen LogP contribution in [0.4, 0.5) is 26.0 Å². The molecule has 4 amide bonds. The predicted octanol–water partition coefficient (Wildman–Crippen LogP) is 5.82. The molecule has 4 N–H and O–H groups in total. The number of nitrogens with one attached hydrogen (secondary N) is 4. The number of aromatic amines is 1. The lowest BCUT2D eigenvalue weighted by atomic mass is 10.0. The van der Waals surface area contributed by atoms with E-state index in [1.54, 1.807) is 4.90 Å². The van der Waals surface area contributed by atoms with Gasteiger partial charge in [0, 0.05) is 106 Å². The molecule has 0 aliphatic carbocycles. The van der Waals surface area contributed by atoms with Crippen molar-refractivity contribution in [1.82, 2.24) is 30.2 Å². The number of piperidine rings is 2. The van der Waals surface area contributed by atoms with Crippen LogP contribution in [0, 0.1) is 11.6 Å². The summed E-state index contributed by atoms with van der Waals surface area (Å²) < 4.78 is 33.5. The topological polar surface area (TPSA) is 155 Å². The van der Waals surface area contributed by atoms with Gasteiger partial charge in [0.15, 0.2) is 5.82 Å². The van der Waals surface area contributed by atoms with Gasteiger partial charge in [-0.25, -0.2) is 8.78 Å². The molecular weight excluding hydrogens is 833 g/mol. The third kappa shape index (κ3) is 9.33. The normalized spacial score (nSPS) is 21.2. The molecule has 65 heavy (non-hydrogen) atoms. The van der Waals surface area contributed by atoms with Crippen molar-refractivity contribution in [1.29, 1.82) is 0 Å². The van der Waals surface area contributed by atoms with Crippen molar-refractivity contribution in [2.45, 2.75) is 76.2 Å². The molecule has 338 valence electrons. The fraction of sp³-hybridized carbons (Fsp3) is 0.408. The van der Waals surface area contributed by atoms with Gasteiger partial charge in [-0.2, -0.15) is 5.10 Å². The van der Waals surface area contributed by atoms with E-state index in [0.717, 1.165) is 111 Å². The van der Waals surface area contributed by atoms with E-state index in [2.05, 4.69) is 53.0 Å². The van der Waals surface area contributed by atoms with E-state index >= 15 is 0 Å². The summed E-state index contributed by atoms with van der Waals surface area (Å²) >= 11 is 0. The maximum absolute atomic E-state index is 14.1. The largest absolute Gasteiger partial charge is 0.381 e. The van der Waals surface area contributed by atoms with E-state index in [1.807, 2.05) is 42.5 Å². The van der Waals surface area contributed by atoms with Crippen molar-refractivity contribution in [2.75, 3.05) is 68.0 Å². The molecule has 5 aliphatic rings. The number of aromatic nitrogens is 2. The van der Waals surface area contributed by atoms with Crippen LogP contribution in [-0.2, 0) is 33.8 Å². The minimum atomic E-state index is -0.627. The monoisotopic (exact) mass is 885 g/mol. The minimum Gasteiger partial charge on any atom is -0.381 e. The summed E-state index contributed by atoms with van der Waals surface area (Å²) in [5.41, 5.74) is 7.09. The second kappa shape index (κ2) is 18.3. The van der Waals surface area contributed by atoms with Crippen molar-refractivity contribution in [3.8, 4) is 0 Å². The van der Waals surface area contributed by atoms with E-state index in [4.69, 9.17) is 4.74 Å². The molecule has 1 aromatic heterocycles. The van der Waals surface area contributed by atoms with E-state index in [1.165, 1.54) is 12.1 Å². The Morgan fingerprint density at radius 1 is 0.831 bits per heavy atom. The van der Waals surface area contributed by atoms with Gasteiger partial charge in [-0.3, -0.25) is 39.4 Å². The van der Waals surface area contributed by atoms with Gasteiger partial charge in [0.2, 0.25) is 11.8 Å². The number of carbonyl (C=O) groups is 4. The van der Waals surface area contributed by atoms with Gasteiger partial charge >= 0.3 is 0 Å². The molecule has 2 unspecified atom stereocenters. The Balaban J connectivity index is 0.780. The lowest BCUT2D eigenvalue weighted by Crippen LogP contribution is -2.55. The van der Waals surface area contributed by atoms with Gasteiger partial charge < -0.3 is 25.2 Å². The third-order valence-electron chi connectivity index (χ3n) is 13.7. The summed E-state index contributed by atoms with van der Waals surface area (Å²) in [7, 11) is 0. The molecule has 0 bridgehead atoms. The van der Waals surface area contributed by atoms with Crippen molar-refractivity contribution >= 4 is 51.7 Å². The third-order valence-corrected chi connectivity index (χ3v) is 13.7. The molecule has 10 rings (SSSR count). The smallest absolute Gasteiger partial charge is 0.258 e. The first-order valence-corrected chi connectivity index (χ1v) is 22.8. The summed E-state index contributed by atoms with van der Waals surface area (Å²) in [4.78, 5) is 60.7. The van der Waals surface area contributed by atoms with Crippen LogP contribution in [0.5, 0.6) is 0 Å². The van der Waals surface area contributed by atoms with E-state index in [9.17, 15) is 28.0 Å². The molecule has 0 radical (unpaired) electrons. The van der Waals surface area contributed by atoms with Crippen LogP contribution in [0.25, 0.3) is 10.9 Å². The van der Waals surface area contributed by atoms with Crippen LogP contribution in [0.2, 0.25) is 0 Å². The average molecular weight is 886 g/mol. The van der Waals surface area contributed by atoms with Gasteiger partial charge in [0.05, 0.1) is 11.1 Å². The highest BCUT2D eigenvalue weighted by molar-refractivity contribution is 6.11. The van der Waals surface area contributed by atoms with Gasteiger partial charge in [-0.15, -0.1) is 0 Å². The number of hydrogen-bond acceptors (Lipinski definition) is 10. The predicted molar refractivity (Wildman–Crippen MR) is 242 cm³/mol. The zero-order chi connectivity index (χ0) is 44.6. The fourth-order valence-electron chi connectivity index (χ4n) is 10.3. The number of H-pyrrole nitrogens is 1. The highest BCUT2D eigenvalue weighted by Crippen LogP contribution is 2.32. The molecule has 5 aromatic rings. The SMILES string of the molecule is O=C1CCC(N2Cc3cc(CN4CCCC(N5CCN(c6ccc(C(=O)Nc7n[nH]c8ccc(Cc9cc(F)cc(F)c9)cc78)c(NC7CCOCC7)c6)CC5)C4)ccc3C2=O)C(=O)N1. The van der Waals surface area contributed by atoms with Gasteiger partial charge in [-0.1, -0.05) is 18.2 Å². The summed E-state index contributed by atoms with van der Waals surface area (Å²) in [6.07, 6.45) is 4.81. The number of ether oxygens (including phenoxy) is 1. The number of carbonyl (C=O) groups excluding carboxylic acids is 4. The van der Waals surface area contributed by atoms with Crippen LogP contribution in [0.15, 0.2) is 72.8 Å². The second-order valence-corrected chi connectivity index (χ2v) is 18.1. The first-order valence-electron chi connectivity index (χ1n) is 22.8. The summed E-state index contributed by atoms with van der Waals surface area (Å²) in [6.45, 7) is 7.98. The number of piperazine rings is 1. The molecule has 5 aliphatic heterocycles. The van der Waals surface area contributed by atoms with Crippen LogP contribution in [-0.4, -0.2) is 119 Å². The molecule has 6 heterocycles. The Labute approximate surface area is 375 Å². The van der Waals surface area contributed by atoms with E-state index < -0.39 is 23.6 Å². The highest BCUT2D eigenvalue weighted by Gasteiger charge is 2.39. The number of benzene rings is 4. The van der Waals surface area contributed by atoms with Crippen molar-refractivity contribution in [2.24, 2.45) is 0 Å². The molecular formula is C49H53F2N9O5.